The second-order valence-electron chi connectivity index (χ2n) is 9.02. The molecule has 5 nitrogen and oxygen atoms in total. The van der Waals surface area contributed by atoms with Crippen LogP contribution >= 0.6 is 11.6 Å². The maximum atomic E-state index is 12.0. The van der Waals surface area contributed by atoms with Crippen LogP contribution in [0.25, 0.3) is 0 Å². The number of phenols is 1. The first kappa shape index (κ1) is 18.9. The lowest BCUT2D eigenvalue weighted by Crippen LogP contribution is -2.58. The van der Waals surface area contributed by atoms with Gasteiger partial charge in [0.15, 0.2) is 11.5 Å². The van der Waals surface area contributed by atoms with Crippen molar-refractivity contribution in [2.24, 2.45) is 22.7 Å². The summed E-state index contributed by atoms with van der Waals surface area (Å²) in [6.07, 6.45) is 2.97. The highest BCUT2D eigenvalue weighted by Crippen LogP contribution is 2.70. The molecule has 5 atom stereocenters. The first-order valence-electron chi connectivity index (χ1n) is 9.66. The van der Waals surface area contributed by atoms with Gasteiger partial charge >= 0.3 is 0 Å². The summed E-state index contributed by atoms with van der Waals surface area (Å²) in [6, 6.07) is 3.46. The van der Waals surface area contributed by atoms with Gasteiger partial charge in [-0.25, -0.2) is 0 Å². The first-order chi connectivity index (χ1) is 12.7. The zero-order valence-corrected chi connectivity index (χ0v) is 17.1. The van der Waals surface area contributed by atoms with Gasteiger partial charge in [0.1, 0.15) is 0 Å². The van der Waals surface area contributed by atoms with E-state index in [-0.39, 0.29) is 40.6 Å². The SMILES string of the molecule is COc1cc([C@H]2OCCC34C[C@@H](C[C@H]23)C(C)(C)[C@@H]4NC(C)=O)c(Cl)cc1O. The lowest BCUT2D eigenvalue weighted by molar-refractivity contribution is -0.136. The summed E-state index contributed by atoms with van der Waals surface area (Å²) >= 11 is 6.49. The number of halogens is 1. The van der Waals surface area contributed by atoms with Crippen molar-refractivity contribution >= 4 is 17.5 Å². The van der Waals surface area contributed by atoms with E-state index in [0.717, 1.165) is 24.8 Å². The van der Waals surface area contributed by atoms with Crippen LogP contribution in [0.3, 0.4) is 0 Å². The van der Waals surface area contributed by atoms with Gasteiger partial charge in [-0.05, 0) is 48.0 Å². The Bertz CT molecular complexity index is 780. The molecule has 1 aliphatic heterocycles. The van der Waals surface area contributed by atoms with Crippen molar-refractivity contribution < 1.29 is 19.4 Å². The summed E-state index contributed by atoms with van der Waals surface area (Å²) in [6.45, 7) is 6.81. The molecule has 2 saturated carbocycles. The number of carbonyl (C=O) groups is 1. The van der Waals surface area contributed by atoms with E-state index < -0.39 is 0 Å². The van der Waals surface area contributed by atoms with Gasteiger partial charge in [-0.2, -0.15) is 0 Å². The number of nitrogens with one attached hydrogen (secondary N) is 1. The predicted octanol–water partition coefficient (Wildman–Crippen LogP) is 4.07. The molecule has 4 rings (SSSR count). The number of benzene rings is 1. The summed E-state index contributed by atoms with van der Waals surface area (Å²) in [5.74, 6) is 1.29. The van der Waals surface area contributed by atoms with E-state index in [1.807, 2.05) is 0 Å². The van der Waals surface area contributed by atoms with Crippen LogP contribution in [-0.4, -0.2) is 30.8 Å². The van der Waals surface area contributed by atoms with Crippen LogP contribution < -0.4 is 10.1 Å². The highest BCUT2D eigenvalue weighted by Gasteiger charge is 2.68. The third-order valence-corrected chi connectivity index (χ3v) is 7.78. The summed E-state index contributed by atoms with van der Waals surface area (Å²) < 4.78 is 11.5. The van der Waals surface area contributed by atoms with Crippen molar-refractivity contribution in [3.63, 3.8) is 0 Å². The molecule has 3 fully saturated rings. The van der Waals surface area contributed by atoms with Crippen molar-refractivity contribution in [2.75, 3.05) is 13.7 Å². The van der Waals surface area contributed by atoms with Crippen molar-refractivity contribution in [3.05, 3.63) is 22.7 Å². The lowest BCUT2D eigenvalue weighted by atomic mass is 9.59. The maximum Gasteiger partial charge on any atom is 0.217 e. The van der Waals surface area contributed by atoms with Crippen molar-refractivity contribution in [3.8, 4) is 11.5 Å². The van der Waals surface area contributed by atoms with E-state index in [2.05, 4.69) is 19.2 Å². The number of carbonyl (C=O) groups excluding carboxylic acids is 1. The van der Waals surface area contributed by atoms with Gasteiger partial charge in [-0.15, -0.1) is 0 Å². The largest absolute Gasteiger partial charge is 0.504 e. The molecule has 27 heavy (non-hydrogen) atoms. The zero-order valence-electron chi connectivity index (χ0n) is 16.3. The highest BCUT2D eigenvalue weighted by atomic mass is 35.5. The van der Waals surface area contributed by atoms with Crippen LogP contribution in [0.15, 0.2) is 12.1 Å². The fourth-order valence-corrected chi connectivity index (χ4v) is 6.50. The summed E-state index contributed by atoms with van der Waals surface area (Å²) in [5.41, 5.74) is 0.958. The third kappa shape index (κ3) is 2.65. The van der Waals surface area contributed by atoms with E-state index in [9.17, 15) is 9.90 Å². The Morgan fingerprint density at radius 1 is 1.41 bits per heavy atom. The topological polar surface area (TPSA) is 67.8 Å². The van der Waals surface area contributed by atoms with Gasteiger partial charge < -0.3 is 19.9 Å². The molecule has 0 radical (unpaired) electrons. The summed E-state index contributed by atoms with van der Waals surface area (Å²) in [7, 11) is 1.53. The molecule has 1 unspecified atom stereocenters. The average molecular weight is 394 g/mol. The average Bonchev–Trinajstić information content (AvgIpc) is 3.08. The maximum absolute atomic E-state index is 12.0. The molecule has 3 aliphatic rings. The van der Waals surface area contributed by atoms with Gasteiger partial charge in [0.25, 0.3) is 0 Å². The fraction of sp³-hybridized carbons (Fsp3) is 0.667. The smallest absolute Gasteiger partial charge is 0.217 e. The standard InChI is InChI=1S/C21H28ClNO4/c1-11(24)23-19-20(2,3)12-7-14-18(27-6-5-21(14,19)10-12)13-8-17(26-4)16(25)9-15(13)22/h8-9,12,14,18-19,25H,5-7,10H2,1-4H3,(H,23,24)/t12-,14-,18-,19+,21?/m1/s1. The Labute approximate surface area is 165 Å². The van der Waals surface area contributed by atoms with Crippen LogP contribution in [0.1, 0.15) is 51.7 Å². The van der Waals surface area contributed by atoms with Crippen LogP contribution in [-0.2, 0) is 9.53 Å². The highest BCUT2D eigenvalue weighted by molar-refractivity contribution is 6.31. The number of ether oxygens (including phenoxy) is 2. The second kappa shape index (κ2) is 6.28. The van der Waals surface area contributed by atoms with Gasteiger partial charge in [0, 0.05) is 31.2 Å². The molecular weight excluding hydrogens is 366 g/mol. The second-order valence-corrected chi connectivity index (χ2v) is 9.43. The number of methoxy groups -OCH3 is 1. The zero-order chi connectivity index (χ0) is 19.6. The molecule has 1 heterocycles. The molecule has 0 aromatic heterocycles. The molecule has 1 aromatic rings. The first-order valence-corrected chi connectivity index (χ1v) is 10.0. The Morgan fingerprint density at radius 3 is 2.81 bits per heavy atom. The number of hydrogen-bond donors (Lipinski definition) is 2. The number of hydrogen-bond acceptors (Lipinski definition) is 4. The Kier molecular flexibility index (Phi) is 4.39. The monoisotopic (exact) mass is 393 g/mol. The minimum absolute atomic E-state index is 0.0250. The van der Waals surface area contributed by atoms with E-state index in [4.69, 9.17) is 21.1 Å². The molecule has 148 valence electrons. The number of aromatic hydroxyl groups is 1. The molecular formula is C21H28ClNO4. The van der Waals surface area contributed by atoms with Crippen LogP contribution in [0, 0.1) is 22.7 Å². The summed E-state index contributed by atoms with van der Waals surface area (Å²) in [4.78, 5) is 12.0. The summed E-state index contributed by atoms with van der Waals surface area (Å²) in [5, 5.41) is 13.8. The van der Waals surface area contributed by atoms with Gasteiger partial charge in [-0.3, -0.25) is 4.79 Å². The molecule has 1 aromatic carbocycles. The van der Waals surface area contributed by atoms with Gasteiger partial charge in [-0.1, -0.05) is 25.4 Å². The van der Waals surface area contributed by atoms with Crippen molar-refractivity contribution in [1.82, 2.24) is 5.32 Å². The third-order valence-electron chi connectivity index (χ3n) is 7.46. The van der Waals surface area contributed by atoms with Crippen molar-refractivity contribution in [1.29, 1.82) is 0 Å². The number of fused-ring (bicyclic) bond motifs is 1. The Hall–Kier alpha value is -1.46. The van der Waals surface area contributed by atoms with E-state index in [0.29, 0.717) is 23.3 Å². The Morgan fingerprint density at radius 2 is 2.15 bits per heavy atom. The number of rotatable bonds is 3. The minimum atomic E-state index is -0.155. The van der Waals surface area contributed by atoms with E-state index in [1.54, 1.807) is 13.0 Å². The minimum Gasteiger partial charge on any atom is -0.504 e. The predicted molar refractivity (Wildman–Crippen MR) is 103 cm³/mol. The van der Waals surface area contributed by atoms with Crippen molar-refractivity contribution in [2.45, 2.75) is 52.2 Å². The van der Waals surface area contributed by atoms with Gasteiger partial charge in [0.05, 0.1) is 18.2 Å². The van der Waals surface area contributed by atoms with E-state index in [1.165, 1.54) is 13.2 Å². The molecule has 2 N–H and O–H groups in total. The van der Waals surface area contributed by atoms with Crippen LogP contribution in [0.5, 0.6) is 11.5 Å². The molecule has 1 saturated heterocycles. The lowest BCUT2D eigenvalue weighted by Gasteiger charge is -2.53. The number of amides is 1. The fourth-order valence-electron chi connectivity index (χ4n) is 6.24. The molecule has 2 aliphatic carbocycles. The number of phenolic OH excluding ortho intramolecular Hbond substituents is 1. The normalized spacial score (nSPS) is 36.3. The molecule has 6 heteroatoms. The van der Waals surface area contributed by atoms with Crippen LogP contribution in [0.4, 0.5) is 0 Å². The molecule has 2 bridgehead atoms. The molecule has 1 amide bonds. The Balaban J connectivity index is 1.75. The quantitative estimate of drug-likeness (QED) is 0.812. The molecule has 1 spiro atoms. The van der Waals surface area contributed by atoms with Gasteiger partial charge in [0.2, 0.25) is 5.91 Å². The van der Waals surface area contributed by atoms with E-state index >= 15 is 0 Å². The van der Waals surface area contributed by atoms with Crippen LogP contribution in [0.2, 0.25) is 5.02 Å².